The zero-order valence-electron chi connectivity index (χ0n) is 14.5. The van der Waals surface area contributed by atoms with Gasteiger partial charge in [-0.1, -0.05) is 42.5 Å². The summed E-state index contributed by atoms with van der Waals surface area (Å²) >= 11 is 0. The lowest BCUT2D eigenvalue weighted by atomic mass is 10.1. The molecule has 0 saturated heterocycles. The average molecular weight is 369 g/mol. The number of sulfonamides is 1. The minimum atomic E-state index is -4.03. The van der Waals surface area contributed by atoms with Gasteiger partial charge in [0.25, 0.3) is 10.0 Å². The predicted octanol–water partition coefficient (Wildman–Crippen LogP) is 3.74. The van der Waals surface area contributed by atoms with Crippen molar-refractivity contribution in [3.05, 3.63) is 71.8 Å². The van der Waals surface area contributed by atoms with Crippen LogP contribution < -0.4 is 4.31 Å². The second-order valence-electron chi connectivity index (χ2n) is 6.20. The molecule has 0 aliphatic heterocycles. The number of hydrogen-bond donors (Lipinski definition) is 1. The van der Waals surface area contributed by atoms with Gasteiger partial charge in [-0.15, -0.1) is 0 Å². The van der Waals surface area contributed by atoms with Crippen molar-refractivity contribution in [2.75, 3.05) is 10.8 Å². The molecule has 3 aromatic carbocycles. The Labute approximate surface area is 152 Å². The van der Waals surface area contributed by atoms with Gasteiger partial charge in [0, 0.05) is 0 Å². The molecule has 0 aliphatic rings. The summed E-state index contributed by atoms with van der Waals surface area (Å²) in [5.41, 5.74) is 1.93. The zero-order chi connectivity index (χ0) is 18.9. The summed E-state index contributed by atoms with van der Waals surface area (Å²) in [6, 6.07) is 17.6. The van der Waals surface area contributed by atoms with E-state index in [4.69, 9.17) is 0 Å². The minimum absolute atomic E-state index is 0.0679. The summed E-state index contributed by atoms with van der Waals surface area (Å²) in [6.07, 6.45) is 0. The van der Waals surface area contributed by atoms with Crippen molar-refractivity contribution in [2.45, 2.75) is 18.7 Å². The molecule has 26 heavy (non-hydrogen) atoms. The van der Waals surface area contributed by atoms with Crippen LogP contribution in [-0.4, -0.2) is 26.0 Å². The van der Waals surface area contributed by atoms with Crippen LogP contribution in [0.3, 0.4) is 0 Å². The van der Waals surface area contributed by atoms with Gasteiger partial charge >= 0.3 is 5.97 Å². The molecule has 5 nitrogen and oxygen atoms in total. The number of aliphatic carboxylic acids is 1. The number of rotatable bonds is 5. The number of aryl methyl sites for hydroxylation is 2. The average Bonchev–Trinajstić information content (AvgIpc) is 2.61. The van der Waals surface area contributed by atoms with Crippen LogP contribution >= 0.6 is 0 Å². The third-order valence-corrected chi connectivity index (χ3v) is 5.98. The molecular formula is C20H19NO4S. The fraction of sp³-hybridized carbons (Fsp3) is 0.150. The predicted molar refractivity (Wildman–Crippen MR) is 102 cm³/mol. The Morgan fingerprint density at radius 1 is 0.962 bits per heavy atom. The Morgan fingerprint density at radius 3 is 2.35 bits per heavy atom. The molecule has 134 valence electrons. The third kappa shape index (κ3) is 3.41. The standard InChI is InChI=1S/C20H19NO4S/c1-14-7-8-15(2)19(11-14)21(13-20(22)23)26(24,25)18-10-9-16-5-3-4-6-17(16)12-18/h3-12H,13H2,1-2H3,(H,22,23). The molecule has 0 unspecified atom stereocenters. The largest absolute Gasteiger partial charge is 0.480 e. The summed E-state index contributed by atoms with van der Waals surface area (Å²) in [7, 11) is -4.03. The molecule has 6 heteroatoms. The maximum absolute atomic E-state index is 13.2. The number of hydrogen-bond acceptors (Lipinski definition) is 3. The normalized spacial score (nSPS) is 11.5. The van der Waals surface area contributed by atoms with Crippen molar-refractivity contribution >= 4 is 32.5 Å². The molecule has 0 aromatic heterocycles. The Morgan fingerprint density at radius 2 is 1.65 bits per heavy atom. The molecule has 0 radical (unpaired) electrons. The Kier molecular flexibility index (Phi) is 4.70. The molecule has 0 amide bonds. The van der Waals surface area contributed by atoms with Gasteiger partial charge in [0.1, 0.15) is 6.54 Å². The third-order valence-electron chi connectivity index (χ3n) is 4.22. The molecule has 3 rings (SSSR count). The van der Waals surface area contributed by atoms with Crippen LogP contribution in [0.15, 0.2) is 65.6 Å². The van der Waals surface area contributed by atoms with Crippen LogP contribution in [0.5, 0.6) is 0 Å². The van der Waals surface area contributed by atoms with Gasteiger partial charge in [0.2, 0.25) is 0 Å². The van der Waals surface area contributed by atoms with Gasteiger partial charge < -0.3 is 5.11 Å². The lowest BCUT2D eigenvalue weighted by molar-refractivity contribution is -0.135. The minimum Gasteiger partial charge on any atom is -0.480 e. The van der Waals surface area contributed by atoms with E-state index in [1.807, 2.05) is 37.3 Å². The summed E-state index contributed by atoms with van der Waals surface area (Å²) in [4.78, 5) is 11.4. The first-order valence-electron chi connectivity index (χ1n) is 8.09. The molecular weight excluding hydrogens is 350 g/mol. The van der Waals surface area contributed by atoms with Crippen molar-refractivity contribution < 1.29 is 18.3 Å². The van der Waals surface area contributed by atoms with Gasteiger partial charge in [-0.2, -0.15) is 0 Å². The Hall–Kier alpha value is -2.86. The van der Waals surface area contributed by atoms with Crippen LogP contribution in [0.4, 0.5) is 5.69 Å². The maximum atomic E-state index is 13.2. The molecule has 3 aromatic rings. The van der Waals surface area contributed by atoms with Crippen LogP contribution in [0.25, 0.3) is 10.8 Å². The van der Waals surface area contributed by atoms with Crippen LogP contribution in [-0.2, 0) is 14.8 Å². The van der Waals surface area contributed by atoms with E-state index in [1.165, 1.54) is 6.07 Å². The number of carboxylic acid groups (broad SMARTS) is 1. The summed E-state index contributed by atoms with van der Waals surface area (Å²) in [6.45, 7) is 2.96. The molecule has 0 atom stereocenters. The highest BCUT2D eigenvalue weighted by Crippen LogP contribution is 2.29. The number of benzene rings is 3. The van der Waals surface area contributed by atoms with Gasteiger partial charge in [-0.25, -0.2) is 8.42 Å². The van der Waals surface area contributed by atoms with E-state index in [-0.39, 0.29) is 4.90 Å². The smallest absolute Gasteiger partial charge is 0.324 e. The molecule has 0 fully saturated rings. The van der Waals surface area contributed by atoms with Crippen LogP contribution in [0.1, 0.15) is 11.1 Å². The highest BCUT2D eigenvalue weighted by molar-refractivity contribution is 7.92. The lowest BCUT2D eigenvalue weighted by Crippen LogP contribution is -2.36. The molecule has 0 heterocycles. The summed E-state index contributed by atoms with van der Waals surface area (Å²) < 4.78 is 27.4. The fourth-order valence-corrected chi connectivity index (χ4v) is 4.37. The SMILES string of the molecule is Cc1ccc(C)c(N(CC(=O)O)S(=O)(=O)c2ccc3ccccc3c2)c1. The van der Waals surface area contributed by atoms with E-state index < -0.39 is 22.5 Å². The lowest BCUT2D eigenvalue weighted by Gasteiger charge is -2.25. The molecule has 0 saturated carbocycles. The highest BCUT2D eigenvalue weighted by Gasteiger charge is 2.28. The van der Waals surface area contributed by atoms with E-state index in [0.717, 1.165) is 20.6 Å². The van der Waals surface area contributed by atoms with E-state index in [0.29, 0.717) is 11.3 Å². The first-order chi connectivity index (χ1) is 12.3. The number of nitrogens with zero attached hydrogens (tertiary/aromatic N) is 1. The van der Waals surface area contributed by atoms with Crippen molar-refractivity contribution in [3.8, 4) is 0 Å². The first kappa shape index (κ1) is 17.9. The molecule has 0 bridgehead atoms. The van der Waals surface area contributed by atoms with E-state index >= 15 is 0 Å². The number of carbonyl (C=O) groups is 1. The second kappa shape index (κ2) is 6.80. The molecule has 1 N–H and O–H groups in total. The quantitative estimate of drug-likeness (QED) is 0.743. The van der Waals surface area contributed by atoms with Gasteiger partial charge in [-0.05, 0) is 53.9 Å². The van der Waals surface area contributed by atoms with Gasteiger partial charge in [0.15, 0.2) is 0 Å². The van der Waals surface area contributed by atoms with E-state index in [1.54, 1.807) is 31.2 Å². The van der Waals surface area contributed by atoms with Crippen molar-refractivity contribution in [3.63, 3.8) is 0 Å². The number of carboxylic acids is 1. The summed E-state index contributed by atoms with van der Waals surface area (Å²) in [5, 5.41) is 11.0. The summed E-state index contributed by atoms with van der Waals surface area (Å²) in [5.74, 6) is -1.21. The second-order valence-corrected chi connectivity index (χ2v) is 8.07. The van der Waals surface area contributed by atoms with Crippen molar-refractivity contribution in [2.24, 2.45) is 0 Å². The zero-order valence-corrected chi connectivity index (χ0v) is 15.3. The van der Waals surface area contributed by atoms with E-state index in [9.17, 15) is 18.3 Å². The van der Waals surface area contributed by atoms with Gasteiger partial charge in [-0.3, -0.25) is 9.10 Å². The monoisotopic (exact) mass is 369 g/mol. The van der Waals surface area contributed by atoms with Gasteiger partial charge in [0.05, 0.1) is 10.6 Å². The number of anilines is 1. The molecule has 0 aliphatic carbocycles. The van der Waals surface area contributed by atoms with Crippen molar-refractivity contribution in [1.82, 2.24) is 0 Å². The van der Waals surface area contributed by atoms with E-state index in [2.05, 4.69) is 0 Å². The fourth-order valence-electron chi connectivity index (χ4n) is 2.87. The first-order valence-corrected chi connectivity index (χ1v) is 9.53. The van der Waals surface area contributed by atoms with Crippen molar-refractivity contribution in [1.29, 1.82) is 0 Å². The number of fused-ring (bicyclic) bond motifs is 1. The Balaban J connectivity index is 2.17. The maximum Gasteiger partial charge on any atom is 0.324 e. The highest BCUT2D eigenvalue weighted by atomic mass is 32.2. The molecule has 0 spiro atoms. The Bertz CT molecular complexity index is 1090. The topological polar surface area (TPSA) is 74.7 Å². The van der Waals surface area contributed by atoms with Crippen LogP contribution in [0.2, 0.25) is 0 Å². The van der Waals surface area contributed by atoms with Crippen LogP contribution in [0, 0.1) is 13.8 Å².